The van der Waals surface area contributed by atoms with Crippen LogP contribution in [0.4, 0.5) is 5.69 Å². The standard InChI is InChI=1S/C14H13ClN2O4/c15-10-4-3-9(7-16)11(6-10)17-13(18)8-21-14(19)12-2-1-5-20-12/h3-4,6,12H,1-2,5,8H2,(H,17,18)/t12-/m0/s1. The lowest BCUT2D eigenvalue weighted by Gasteiger charge is -2.10. The van der Waals surface area contributed by atoms with Gasteiger partial charge in [-0.25, -0.2) is 4.79 Å². The zero-order chi connectivity index (χ0) is 15.2. The van der Waals surface area contributed by atoms with Gasteiger partial charge < -0.3 is 14.8 Å². The molecule has 1 aromatic rings. The van der Waals surface area contributed by atoms with Crippen molar-refractivity contribution in [1.82, 2.24) is 0 Å². The molecule has 1 aromatic carbocycles. The van der Waals surface area contributed by atoms with Crippen LogP contribution in [0.25, 0.3) is 0 Å². The molecular weight excluding hydrogens is 296 g/mol. The van der Waals surface area contributed by atoms with Gasteiger partial charge >= 0.3 is 5.97 Å². The fourth-order valence-electron chi connectivity index (χ4n) is 1.90. The summed E-state index contributed by atoms with van der Waals surface area (Å²) in [5, 5.41) is 11.8. The number of ether oxygens (including phenoxy) is 2. The van der Waals surface area contributed by atoms with Crippen molar-refractivity contribution in [2.24, 2.45) is 0 Å². The normalized spacial score (nSPS) is 17.0. The highest BCUT2D eigenvalue weighted by atomic mass is 35.5. The number of esters is 1. The second-order valence-electron chi connectivity index (χ2n) is 4.46. The molecule has 0 spiro atoms. The predicted octanol–water partition coefficient (Wildman–Crippen LogP) is 1.87. The monoisotopic (exact) mass is 308 g/mol. The number of nitrogens with zero attached hydrogens (tertiary/aromatic N) is 1. The molecule has 1 aliphatic heterocycles. The number of amides is 1. The van der Waals surface area contributed by atoms with E-state index in [1.54, 1.807) is 6.07 Å². The van der Waals surface area contributed by atoms with Gasteiger partial charge in [0.25, 0.3) is 5.91 Å². The molecule has 6 nitrogen and oxygen atoms in total. The minimum Gasteiger partial charge on any atom is -0.454 e. The molecule has 1 heterocycles. The third-order valence-corrected chi connectivity index (χ3v) is 3.15. The van der Waals surface area contributed by atoms with E-state index in [0.29, 0.717) is 18.1 Å². The Labute approximate surface area is 126 Å². The zero-order valence-corrected chi connectivity index (χ0v) is 11.9. The molecule has 1 aliphatic rings. The third kappa shape index (κ3) is 4.18. The van der Waals surface area contributed by atoms with E-state index in [9.17, 15) is 9.59 Å². The number of nitrogens with one attached hydrogen (secondary N) is 1. The Kier molecular flexibility index (Phi) is 5.14. The van der Waals surface area contributed by atoms with Gasteiger partial charge in [-0.1, -0.05) is 11.6 Å². The average Bonchev–Trinajstić information content (AvgIpc) is 2.99. The maximum atomic E-state index is 11.7. The van der Waals surface area contributed by atoms with E-state index >= 15 is 0 Å². The summed E-state index contributed by atoms with van der Waals surface area (Å²) in [5.74, 6) is -1.09. The number of nitriles is 1. The van der Waals surface area contributed by atoms with Gasteiger partial charge in [0, 0.05) is 11.6 Å². The molecule has 0 aliphatic carbocycles. The fraction of sp³-hybridized carbons (Fsp3) is 0.357. The Morgan fingerprint density at radius 1 is 1.52 bits per heavy atom. The first-order valence-corrected chi connectivity index (χ1v) is 6.75. The topological polar surface area (TPSA) is 88.4 Å². The summed E-state index contributed by atoms with van der Waals surface area (Å²) in [4.78, 5) is 23.3. The summed E-state index contributed by atoms with van der Waals surface area (Å²) in [6.07, 6.45) is 0.825. The van der Waals surface area contributed by atoms with Gasteiger partial charge in [0.05, 0.1) is 11.3 Å². The van der Waals surface area contributed by atoms with E-state index in [-0.39, 0.29) is 11.3 Å². The van der Waals surface area contributed by atoms with E-state index in [1.807, 2.05) is 6.07 Å². The van der Waals surface area contributed by atoms with Gasteiger partial charge in [-0.3, -0.25) is 4.79 Å². The fourth-order valence-corrected chi connectivity index (χ4v) is 2.07. The molecule has 1 fully saturated rings. The number of carbonyl (C=O) groups is 2. The first-order chi connectivity index (χ1) is 10.1. The average molecular weight is 309 g/mol. The lowest BCUT2D eigenvalue weighted by Crippen LogP contribution is -2.27. The van der Waals surface area contributed by atoms with Crippen LogP contribution in [0.15, 0.2) is 18.2 Å². The van der Waals surface area contributed by atoms with Crippen molar-refractivity contribution >= 4 is 29.2 Å². The molecule has 0 radical (unpaired) electrons. The number of hydrogen-bond donors (Lipinski definition) is 1. The number of anilines is 1. The van der Waals surface area contributed by atoms with Gasteiger partial charge in [0.2, 0.25) is 0 Å². The van der Waals surface area contributed by atoms with Crippen LogP contribution in [-0.2, 0) is 19.1 Å². The second-order valence-corrected chi connectivity index (χ2v) is 4.90. The molecule has 1 atom stereocenters. The summed E-state index contributed by atoms with van der Waals surface area (Å²) in [5.41, 5.74) is 0.557. The quantitative estimate of drug-likeness (QED) is 0.858. The maximum absolute atomic E-state index is 11.7. The predicted molar refractivity (Wildman–Crippen MR) is 74.7 cm³/mol. The van der Waals surface area contributed by atoms with Gasteiger partial charge in [0.1, 0.15) is 6.07 Å². The molecule has 1 N–H and O–H groups in total. The number of halogens is 1. The van der Waals surface area contributed by atoms with E-state index in [2.05, 4.69) is 5.32 Å². The summed E-state index contributed by atoms with van der Waals surface area (Å²) < 4.78 is 10.0. The van der Waals surface area contributed by atoms with Crippen molar-refractivity contribution in [3.8, 4) is 6.07 Å². The van der Waals surface area contributed by atoms with Gasteiger partial charge in [-0.15, -0.1) is 0 Å². The zero-order valence-electron chi connectivity index (χ0n) is 11.1. The van der Waals surface area contributed by atoms with E-state index in [4.69, 9.17) is 26.3 Å². The van der Waals surface area contributed by atoms with Crippen molar-refractivity contribution < 1.29 is 19.1 Å². The molecule has 1 saturated heterocycles. The molecule has 0 saturated carbocycles. The number of rotatable bonds is 4. The Hall–Kier alpha value is -2.10. The minimum absolute atomic E-state index is 0.276. The Bertz CT molecular complexity index is 591. The summed E-state index contributed by atoms with van der Waals surface area (Å²) in [7, 11) is 0. The maximum Gasteiger partial charge on any atom is 0.335 e. The molecule has 2 rings (SSSR count). The van der Waals surface area contributed by atoms with Crippen LogP contribution in [0.3, 0.4) is 0 Å². The van der Waals surface area contributed by atoms with E-state index < -0.39 is 24.6 Å². The van der Waals surface area contributed by atoms with Crippen LogP contribution in [-0.4, -0.2) is 31.2 Å². The van der Waals surface area contributed by atoms with Crippen molar-refractivity contribution in [2.75, 3.05) is 18.5 Å². The first-order valence-electron chi connectivity index (χ1n) is 6.38. The smallest absolute Gasteiger partial charge is 0.335 e. The molecule has 110 valence electrons. The van der Waals surface area contributed by atoms with E-state index in [1.165, 1.54) is 12.1 Å². The van der Waals surface area contributed by atoms with Crippen molar-refractivity contribution in [3.05, 3.63) is 28.8 Å². The summed E-state index contributed by atoms with van der Waals surface area (Å²) in [6.45, 7) is 0.0933. The third-order valence-electron chi connectivity index (χ3n) is 2.91. The van der Waals surface area contributed by atoms with E-state index in [0.717, 1.165) is 6.42 Å². The lowest BCUT2D eigenvalue weighted by molar-refractivity contribution is -0.156. The first kappa shape index (κ1) is 15.3. The summed E-state index contributed by atoms with van der Waals surface area (Å²) >= 11 is 5.81. The van der Waals surface area contributed by atoms with Crippen LogP contribution in [0.5, 0.6) is 0 Å². The Morgan fingerprint density at radius 2 is 2.33 bits per heavy atom. The molecule has 7 heteroatoms. The van der Waals surface area contributed by atoms with Crippen LogP contribution in [0.2, 0.25) is 5.02 Å². The minimum atomic E-state index is -0.585. The molecule has 0 bridgehead atoms. The highest BCUT2D eigenvalue weighted by molar-refractivity contribution is 6.31. The van der Waals surface area contributed by atoms with Gasteiger partial charge in [-0.2, -0.15) is 5.26 Å². The highest BCUT2D eigenvalue weighted by Gasteiger charge is 2.25. The lowest BCUT2D eigenvalue weighted by atomic mass is 10.2. The summed E-state index contributed by atoms with van der Waals surface area (Å²) in [6, 6.07) is 6.44. The van der Waals surface area contributed by atoms with Crippen molar-refractivity contribution in [3.63, 3.8) is 0 Å². The molecular formula is C14H13ClN2O4. The molecule has 21 heavy (non-hydrogen) atoms. The van der Waals surface area contributed by atoms with Crippen molar-refractivity contribution in [1.29, 1.82) is 5.26 Å². The van der Waals surface area contributed by atoms with Crippen LogP contribution in [0.1, 0.15) is 18.4 Å². The Balaban J connectivity index is 1.88. The molecule has 0 aromatic heterocycles. The van der Waals surface area contributed by atoms with Gasteiger partial charge in [0.15, 0.2) is 12.7 Å². The highest BCUT2D eigenvalue weighted by Crippen LogP contribution is 2.20. The number of hydrogen-bond acceptors (Lipinski definition) is 5. The van der Waals surface area contributed by atoms with Crippen molar-refractivity contribution in [2.45, 2.75) is 18.9 Å². The van der Waals surface area contributed by atoms with Crippen LogP contribution < -0.4 is 5.32 Å². The molecule has 0 unspecified atom stereocenters. The SMILES string of the molecule is N#Cc1ccc(Cl)cc1NC(=O)COC(=O)[C@@H]1CCCO1. The number of benzene rings is 1. The van der Waals surface area contributed by atoms with Gasteiger partial charge in [-0.05, 0) is 31.0 Å². The largest absolute Gasteiger partial charge is 0.454 e. The Morgan fingerprint density at radius 3 is 3.00 bits per heavy atom. The second kappa shape index (κ2) is 7.07. The van der Waals surface area contributed by atoms with Crippen LogP contribution >= 0.6 is 11.6 Å². The molecule has 1 amide bonds. The van der Waals surface area contributed by atoms with Crippen LogP contribution in [0, 0.1) is 11.3 Å². The number of carbonyl (C=O) groups excluding carboxylic acids is 2.